The van der Waals surface area contributed by atoms with Gasteiger partial charge in [-0.3, -0.25) is 0 Å². The van der Waals surface area contributed by atoms with Crippen molar-refractivity contribution in [1.29, 1.82) is 0 Å². The SMILES string of the molecule is C1CCOOC1. The molecule has 0 radical (unpaired) electrons. The molecule has 1 aliphatic rings. The van der Waals surface area contributed by atoms with E-state index in [0.717, 1.165) is 26.1 Å². The number of hydrogen-bond donors (Lipinski definition) is 0. The first-order chi connectivity index (χ1) is 3.00. The summed E-state index contributed by atoms with van der Waals surface area (Å²) in [4.78, 5) is 9.14. The van der Waals surface area contributed by atoms with Gasteiger partial charge in [-0.1, -0.05) is 0 Å². The fourth-order valence-corrected chi connectivity index (χ4v) is 0.440. The van der Waals surface area contributed by atoms with Crippen LogP contribution in [0.3, 0.4) is 0 Å². The molecule has 2 nitrogen and oxygen atoms in total. The third kappa shape index (κ3) is 0.954. The summed E-state index contributed by atoms with van der Waals surface area (Å²) in [5.41, 5.74) is 0. The molecule has 0 N–H and O–H groups in total. The molecule has 1 heterocycles. The zero-order valence-electron chi connectivity index (χ0n) is 3.64. The van der Waals surface area contributed by atoms with E-state index >= 15 is 0 Å². The van der Waals surface area contributed by atoms with Crippen LogP contribution in [-0.2, 0) is 9.78 Å². The quantitative estimate of drug-likeness (QED) is 0.406. The summed E-state index contributed by atoms with van der Waals surface area (Å²) in [6, 6.07) is 0. The van der Waals surface area contributed by atoms with Crippen molar-refractivity contribution in [2.45, 2.75) is 12.8 Å². The molecular weight excluding hydrogens is 80.0 g/mol. The van der Waals surface area contributed by atoms with Crippen molar-refractivity contribution in [2.24, 2.45) is 0 Å². The normalized spacial score (nSPS) is 24.0. The van der Waals surface area contributed by atoms with Crippen LogP contribution in [0.4, 0.5) is 0 Å². The summed E-state index contributed by atoms with van der Waals surface area (Å²) in [6.45, 7) is 1.56. The van der Waals surface area contributed by atoms with Crippen molar-refractivity contribution in [3.05, 3.63) is 0 Å². The summed E-state index contributed by atoms with van der Waals surface area (Å²) in [5.74, 6) is 0. The maximum Gasteiger partial charge on any atom is 0.0823 e. The number of hydrogen-bond acceptors (Lipinski definition) is 2. The van der Waals surface area contributed by atoms with Crippen LogP contribution in [0.25, 0.3) is 0 Å². The van der Waals surface area contributed by atoms with Gasteiger partial charge in [0.25, 0.3) is 0 Å². The predicted molar refractivity (Wildman–Crippen MR) is 21.1 cm³/mol. The molecule has 36 valence electrons. The van der Waals surface area contributed by atoms with Gasteiger partial charge >= 0.3 is 0 Å². The topological polar surface area (TPSA) is 18.5 Å². The van der Waals surface area contributed by atoms with Crippen molar-refractivity contribution in [2.75, 3.05) is 13.2 Å². The first kappa shape index (κ1) is 4.09. The fraction of sp³-hybridized carbons (Fsp3) is 1.00. The highest BCUT2D eigenvalue weighted by molar-refractivity contribution is 4.36. The van der Waals surface area contributed by atoms with Crippen molar-refractivity contribution >= 4 is 0 Å². The summed E-state index contributed by atoms with van der Waals surface area (Å²) in [6.07, 6.45) is 2.31. The summed E-state index contributed by atoms with van der Waals surface area (Å²) in [7, 11) is 0. The Morgan fingerprint density at radius 1 is 0.833 bits per heavy atom. The van der Waals surface area contributed by atoms with Crippen molar-refractivity contribution in [1.82, 2.24) is 0 Å². The van der Waals surface area contributed by atoms with Crippen LogP contribution < -0.4 is 0 Å². The summed E-state index contributed by atoms with van der Waals surface area (Å²) >= 11 is 0. The summed E-state index contributed by atoms with van der Waals surface area (Å²) in [5, 5.41) is 0. The van der Waals surface area contributed by atoms with Crippen molar-refractivity contribution < 1.29 is 9.78 Å². The Morgan fingerprint density at radius 3 is 1.50 bits per heavy atom. The Hall–Kier alpha value is -0.0800. The molecule has 0 aromatic heterocycles. The lowest BCUT2D eigenvalue weighted by molar-refractivity contribution is -0.312. The second-order valence-electron chi connectivity index (χ2n) is 1.35. The van der Waals surface area contributed by atoms with E-state index in [-0.39, 0.29) is 0 Å². The first-order valence-corrected chi connectivity index (χ1v) is 2.24. The smallest absolute Gasteiger partial charge is 0.0823 e. The minimum atomic E-state index is 0.778. The van der Waals surface area contributed by atoms with E-state index in [2.05, 4.69) is 9.78 Å². The highest BCUT2D eigenvalue weighted by Crippen LogP contribution is 1.97. The highest BCUT2D eigenvalue weighted by atomic mass is 17.2. The van der Waals surface area contributed by atoms with Gasteiger partial charge in [0.1, 0.15) is 0 Å². The van der Waals surface area contributed by atoms with Crippen LogP contribution in [0.5, 0.6) is 0 Å². The van der Waals surface area contributed by atoms with Crippen LogP contribution >= 0.6 is 0 Å². The molecule has 1 rings (SSSR count). The average Bonchev–Trinajstić information content (AvgIpc) is 1.72. The molecule has 0 bridgehead atoms. The van der Waals surface area contributed by atoms with Crippen LogP contribution in [0.15, 0.2) is 0 Å². The maximum atomic E-state index is 4.57. The molecular formula is C4H8O2. The van der Waals surface area contributed by atoms with Gasteiger partial charge in [-0.15, -0.1) is 0 Å². The van der Waals surface area contributed by atoms with Gasteiger partial charge in [0.05, 0.1) is 13.2 Å². The van der Waals surface area contributed by atoms with Gasteiger partial charge in [-0.05, 0) is 12.8 Å². The van der Waals surface area contributed by atoms with Gasteiger partial charge < -0.3 is 0 Å². The molecule has 1 fully saturated rings. The largest absolute Gasteiger partial charge is 0.237 e. The Bertz CT molecular complexity index is 21.0. The fourth-order valence-electron chi connectivity index (χ4n) is 0.440. The zero-order chi connectivity index (χ0) is 4.24. The van der Waals surface area contributed by atoms with Crippen molar-refractivity contribution in [3.8, 4) is 0 Å². The second kappa shape index (κ2) is 2.16. The van der Waals surface area contributed by atoms with E-state index in [9.17, 15) is 0 Å². The van der Waals surface area contributed by atoms with Gasteiger partial charge in [0, 0.05) is 0 Å². The Kier molecular flexibility index (Phi) is 1.47. The van der Waals surface area contributed by atoms with Crippen LogP contribution in [-0.4, -0.2) is 13.2 Å². The third-order valence-corrected chi connectivity index (χ3v) is 0.789. The average molecular weight is 88.1 g/mol. The minimum Gasteiger partial charge on any atom is -0.237 e. The molecule has 0 unspecified atom stereocenters. The van der Waals surface area contributed by atoms with Gasteiger partial charge in [-0.25, -0.2) is 9.78 Å². The van der Waals surface area contributed by atoms with E-state index < -0.39 is 0 Å². The molecule has 6 heavy (non-hydrogen) atoms. The van der Waals surface area contributed by atoms with E-state index in [1.54, 1.807) is 0 Å². The second-order valence-corrected chi connectivity index (χ2v) is 1.35. The standard InChI is InChI=1S/C4H8O2/c1-2-4-6-5-3-1/h1-4H2. The van der Waals surface area contributed by atoms with Crippen LogP contribution in [0.1, 0.15) is 12.8 Å². The molecule has 0 aromatic rings. The first-order valence-electron chi connectivity index (χ1n) is 2.24. The molecule has 0 saturated carbocycles. The zero-order valence-corrected chi connectivity index (χ0v) is 3.64. The highest BCUT2D eigenvalue weighted by Gasteiger charge is 1.95. The molecule has 1 saturated heterocycles. The number of rotatable bonds is 0. The molecule has 1 aliphatic heterocycles. The lowest BCUT2D eigenvalue weighted by Gasteiger charge is -2.07. The molecule has 2 heteroatoms. The third-order valence-electron chi connectivity index (χ3n) is 0.789. The van der Waals surface area contributed by atoms with E-state index in [1.807, 2.05) is 0 Å². The molecule has 0 spiro atoms. The predicted octanol–water partition coefficient (Wildman–Crippen LogP) is 0.728. The monoisotopic (exact) mass is 88.1 g/mol. The van der Waals surface area contributed by atoms with Crippen LogP contribution in [0.2, 0.25) is 0 Å². The van der Waals surface area contributed by atoms with E-state index in [0.29, 0.717) is 0 Å². The van der Waals surface area contributed by atoms with Crippen molar-refractivity contribution in [3.63, 3.8) is 0 Å². The Labute approximate surface area is 37.0 Å². The lowest BCUT2D eigenvalue weighted by atomic mass is 10.3. The maximum absolute atomic E-state index is 4.57. The Balaban J connectivity index is 2.00. The van der Waals surface area contributed by atoms with Crippen LogP contribution in [0, 0.1) is 0 Å². The van der Waals surface area contributed by atoms with Gasteiger partial charge in [0.2, 0.25) is 0 Å². The van der Waals surface area contributed by atoms with Gasteiger partial charge in [0.15, 0.2) is 0 Å². The minimum absolute atomic E-state index is 0.778. The molecule has 0 amide bonds. The molecule has 0 aromatic carbocycles. The van der Waals surface area contributed by atoms with E-state index in [4.69, 9.17) is 0 Å². The summed E-state index contributed by atoms with van der Waals surface area (Å²) < 4.78 is 0. The Morgan fingerprint density at radius 2 is 1.33 bits per heavy atom. The molecule has 0 atom stereocenters. The molecule has 0 aliphatic carbocycles. The van der Waals surface area contributed by atoms with E-state index in [1.165, 1.54) is 0 Å². The lowest BCUT2D eigenvalue weighted by Crippen LogP contribution is -2.05. The van der Waals surface area contributed by atoms with Gasteiger partial charge in [-0.2, -0.15) is 0 Å².